The lowest BCUT2D eigenvalue weighted by Gasteiger charge is -2.49. The summed E-state index contributed by atoms with van der Waals surface area (Å²) in [6.07, 6.45) is -2.74. The molecule has 0 aliphatic carbocycles. The predicted octanol–water partition coefficient (Wildman–Crippen LogP) is 6.50. The molecular weight excluding hydrogens is 553 g/mol. The van der Waals surface area contributed by atoms with Crippen molar-refractivity contribution in [2.45, 2.75) is 73.3 Å². The Morgan fingerprint density at radius 1 is 0.878 bits per heavy atom. The van der Waals surface area contributed by atoms with Crippen molar-refractivity contribution in [1.29, 1.82) is 0 Å². The van der Waals surface area contributed by atoms with E-state index in [2.05, 4.69) is 26.2 Å². The average molecular weight is 593 g/mol. The molecule has 3 aromatic rings. The third-order valence-electron chi connectivity index (χ3n) is 7.09. The molecule has 0 spiro atoms. The van der Waals surface area contributed by atoms with E-state index in [9.17, 15) is 4.21 Å². The van der Waals surface area contributed by atoms with Gasteiger partial charge in [0, 0.05) is 18.5 Å². The van der Waals surface area contributed by atoms with E-state index in [0.29, 0.717) is 18.1 Å². The fraction of sp³-hybridized carbons (Fsp3) is 0.394. The first-order chi connectivity index (χ1) is 19.8. The summed E-state index contributed by atoms with van der Waals surface area (Å²) < 4.78 is 46.5. The Morgan fingerprint density at radius 3 is 2.17 bits per heavy atom. The predicted molar refractivity (Wildman–Crippen MR) is 164 cm³/mol. The van der Waals surface area contributed by atoms with E-state index in [1.807, 2.05) is 91.0 Å². The summed E-state index contributed by atoms with van der Waals surface area (Å²) in [7, 11) is -2.91. The van der Waals surface area contributed by atoms with Gasteiger partial charge in [0.25, 0.3) is 0 Å². The minimum atomic E-state index is -1.52. The van der Waals surface area contributed by atoms with Crippen LogP contribution in [-0.2, 0) is 41.1 Å². The Bertz CT molecular complexity index is 1280. The fourth-order valence-corrected chi connectivity index (χ4v) is 8.35. The SMILES string of the molecule is C=C(CO[C@H]1[C@@H](OCc2ccccc2)[C@@H]2OC(c3ccccc3)OC[C@H]2O[C@@H]1S(=O)c1ccccc1)C[Si](C)(C)C. The highest BCUT2D eigenvalue weighted by Crippen LogP contribution is 2.38. The van der Waals surface area contributed by atoms with Crippen molar-refractivity contribution in [2.24, 2.45) is 0 Å². The molecule has 0 radical (unpaired) electrons. The zero-order chi connectivity index (χ0) is 28.8. The van der Waals surface area contributed by atoms with Crippen LogP contribution in [0.5, 0.6) is 0 Å². The largest absolute Gasteiger partial charge is 0.368 e. The van der Waals surface area contributed by atoms with Crippen molar-refractivity contribution in [3.05, 3.63) is 114 Å². The fourth-order valence-electron chi connectivity index (χ4n) is 5.33. The zero-order valence-electron chi connectivity index (χ0n) is 24.0. The van der Waals surface area contributed by atoms with Crippen LogP contribution in [-0.4, -0.2) is 55.3 Å². The van der Waals surface area contributed by atoms with Crippen molar-refractivity contribution >= 4 is 18.9 Å². The third kappa shape index (κ3) is 7.90. The first kappa shape index (κ1) is 30.0. The highest BCUT2D eigenvalue weighted by atomic mass is 32.2. The van der Waals surface area contributed by atoms with Crippen molar-refractivity contribution in [3.8, 4) is 0 Å². The van der Waals surface area contributed by atoms with Gasteiger partial charge in [-0.25, -0.2) is 0 Å². The van der Waals surface area contributed by atoms with Crippen LogP contribution >= 0.6 is 0 Å². The van der Waals surface area contributed by atoms with Crippen LogP contribution in [0.15, 0.2) is 108 Å². The molecule has 2 saturated heterocycles. The molecule has 0 saturated carbocycles. The number of hydrogen-bond acceptors (Lipinski definition) is 6. The number of ether oxygens (including phenoxy) is 5. The topological polar surface area (TPSA) is 63.2 Å². The Hall–Kier alpha value is -2.43. The summed E-state index contributed by atoms with van der Waals surface area (Å²) in [4.78, 5) is 0.673. The molecule has 2 fully saturated rings. The van der Waals surface area contributed by atoms with Crippen molar-refractivity contribution in [2.75, 3.05) is 13.2 Å². The standard InChI is InChI=1S/C33H40O6SSi/c1-24(23-41(2,3)4)20-35-31-30(36-21-25-14-8-5-9-15-25)29-28(22-37-32(39-29)26-16-10-6-11-17-26)38-33(31)40(34)27-18-12-7-13-19-27/h5-19,28-33H,1,20-23H2,2-4H3/t28-,29-,30+,31+,32?,33-,40?/m1/s1. The van der Waals surface area contributed by atoms with Crippen LogP contribution in [0.4, 0.5) is 0 Å². The van der Waals surface area contributed by atoms with Gasteiger partial charge >= 0.3 is 0 Å². The number of rotatable bonds is 11. The number of hydrogen-bond donors (Lipinski definition) is 0. The molecule has 0 aromatic heterocycles. The molecule has 41 heavy (non-hydrogen) atoms. The van der Waals surface area contributed by atoms with Crippen LogP contribution in [0.3, 0.4) is 0 Å². The maximum atomic E-state index is 14.0. The van der Waals surface area contributed by atoms with Gasteiger partial charge in [-0.15, -0.1) is 0 Å². The zero-order valence-corrected chi connectivity index (χ0v) is 25.8. The van der Waals surface area contributed by atoms with Crippen LogP contribution in [0, 0.1) is 0 Å². The van der Waals surface area contributed by atoms with Gasteiger partial charge in [0.15, 0.2) is 11.7 Å². The summed E-state index contributed by atoms with van der Waals surface area (Å²) in [5, 5.41) is 0. The molecule has 0 N–H and O–H groups in total. The van der Waals surface area contributed by atoms with E-state index in [0.717, 1.165) is 22.7 Å². The quantitative estimate of drug-likeness (QED) is 0.187. The first-order valence-corrected chi connectivity index (χ1v) is 19.1. The monoisotopic (exact) mass is 592 g/mol. The smallest absolute Gasteiger partial charge is 0.184 e. The van der Waals surface area contributed by atoms with Crippen molar-refractivity contribution < 1.29 is 27.9 Å². The van der Waals surface area contributed by atoms with Crippen LogP contribution in [0.1, 0.15) is 17.4 Å². The van der Waals surface area contributed by atoms with E-state index in [1.54, 1.807) is 0 Å². The molecule has 7 atom stereocenters. The van der Waals surface area contributed by atoms with Crippen LogP contribution in [0.2, 0.25) is 25.7 Å². The van der Waals surface area contributed by atoms with Gasteiger partial charge in [-0.3, -0.25) is 4.21 Å². The average Bonchev–Trinajstić information content (AvgIpc) is 2.98. The van der Waals surface area contributed by atoms with Gasteiger partial charge in [0.1, 0.15) is 24.4 Å². The maximum Gasteiger partial charge on any atom is 0.184 e. The molecule has 2 aliphatic heterocycles. The van der Waals surface area contributed by atoms with Crippen molar-refractivity contribution in [1.82, 2.24) is 0 Å². The minimum absolute atomic E-state index is 0.285. The molecule has 218 valence electrons. The molecule has 0 amide bonds. The van der Waals surface area contributed by atoms with Crippen LogP contribution < -0.4 is 0 Å². The number of benzene rings is 3. The second-order valence-corrected chi connectivity index (χ2v) is 18.9. The van der Waals surface area contributed by atoms with E-state index in [1.165, 1.54) is 0 Å². The minimum Gasteiger partial charge on any atom is -0.368 e. The lowest BCUT2D eigenvalue weighted by atomic mass is 9.98. The first-order valence-electron chi connectivity index (χ1n) is 14.2. The summed E-state index contributed by atoms with van der Waals surface area (Å²) in [5.74, 6) is 0. The van der Waals surface area contributed by atoms with Crippen LogP contribution in [0.25, 0.3) is 0 Å². The molecular formula is C33H40O6SSi. The Kier molecular flexibility index (Phi) is 10.0. The molecule has 3 aromatic carbocycles. The van der Waals surface area contributed by atoms with Gasteiger partial charge in [0.2, 0.25) is 0 Å². The summed E-state index contributed by atoms with van der Waals surface area (Å²) in [6, 6.07) is 30.2. The molecule has 5 rings (SSSR count). The molecule has 2 aliphatic rings. The van der Waals surface area contributed by atoms with Gasteiger partial charge in [-0.2, -0.15) is 0 Å². The Balaban J connectivity index is 1.46. The molecule has 0 bridgehead atoms. The summed E-state index contributed by atoms with van der Waals surface area (Å²) in [6.45, 7) is 12.2. The lowest BCUT2D eigenvalue weighted by molar-refractivity contribution is -0.328. The van der Waals surface area contributed by atoms with Crippen molar-refractivity contribution in [3.63, 3.8) is 0 Å². The summed E-state index contributed by atoms with van der Waals surface area (Å²) in [5.41, 5.74) is 2.19. The van der Waals surface area contributed by atoms with Gasteiger partial charge in [-0.1, -0.05) is 111 Å². The lowest BCUT2D eigenvalue weighted by Crippen LogP contribution is -2.64. The van der Waals surface area contributed by atoms with Gasteiger partial charge in [0.05, 0.1) is 30.6 Å². The van der Waals surface area contributed by atoms with Gasteiger partial charge < -0.3 is 23.7 Å². The van der Waals surface area contributed by atoms with E-state index in [4.69, 9.17) is 23.7 Å². The normalized spacial score (nSPS) is 27.1. The van der Waals surface area contributed by atoms with E-state index >= 15 is 0 Å². The number of fused-ring (bicyclic) bond motifs is 1. The highest BCUT2D eigenvalue weighted by Gasteiger charge is 2.53. The highest BCUT2D eigenvalue weighted by molar-refractivity contribution is 7.85. The molecule has 6 nitrogen and oxygen atoms in total. The second kappa shape index (κ2) is 13.7. The Labute approximate surface area is 247 Å². The third-order valence-corrected chi connectivity index (χ3v) is 10.2. The van der Waals surface area contributed by atoms with E-state index in [-0.39, 0.29) is 6.61 Å². The summed E-state index contributed by atoms with van der Waals surface area (Å²) >= 11 is 0. The van der Waals surface area contributed by atoms with Gasteiger partial charge in [-0.05, 0) is 23.7 Å². The maximum absolute atomic E-state index is 14.0. The molecule has 2 unspecified atom stereocenters. The Morgan fingerprint density at radius 2 is 1.51 bits per heavy atom. The molecule has 2 heterocycles. The molecule has 8 heteroatoms. The van der Waals surface area contributed by atoms with E-state index < -0.39 is 55.0 Å². The second-order valence-electron chi connectivity index (χ2n) is 11.9.